The van der Waals surface area contributed by atoms with E-state index in [1.807, 2.05) is 32.7 Å². The lowest BCUT2D eigenvalue weighted by molar-refractivity contribution is -0.138. The third-order valence-corrected chi connectivity index (χ3v) is 14.6. The van der Waals surface area contributed by atoms with Crippen molar-refractivity contribution in [2.45, 2.75) is 46.6 Å². The summed E-state index contributed by atoms with van der Waals surface area (Å²) in [5.74, 6) is -0.958. The van der Waals surface area contributed by atoms with Crippen LogP contribution in [0.4, 0.5) is 0 Å². The molecule has 0 aliphatic heterocycles. The second kappa shape index (κ2) is 11.2. The maximum absolute atomic E-state index is 12.1. The van der Waals surface area contributed by atoms with E-state index in [0.717, 1.165) is 0 Å². The Labute approximate surface area is 183 Å². The molecule has 0 aliphatic carbocycles. The topological polar surface area (TPSA) is 97.4 Å². The van der Waals surface area contributed by atoms with E-state index in [-0.39, 0.29) is 18.7 Å². The fourth-order valence-electron chi connectivity index (χ4n) is 2.31. The summed E-state index contributed by atoms with van der Waals surface area (Å²) in [7, 11) is -10.8. The van der Waals surface area contributed by atoms with Crippen LogP contribution >= 0.6 is 7.37 Å². The summed E-state index contributed by atoms with van der Waals surface area (Å²) >= 11 is 0. The number of hydrogen-bond donors (Lipinski definition) is 0. The molecule has 0 spiro atoms. The van der Waals surface area contributed by atoms with Gasteiger partial charge in [0.2, 0.25) is 16.6 Å². The van der Waals surface area contributed by atoms with Crippen molar-refractivity contribution in [2.24, 2.45) is 0 Å². The largest absolute Gasteiger partial charge is 0.463 e. The highest BCUT2D eigenvalue weighted by molar-refractivity contribution is 7.57. The van der Waals surface area contributed by atoms with Crippen molar-refractivity contribution < 1.29 is 36.4 Å². The fraction of sp³-hybridized carbons (Fsp3) is 0.667. The zero-order chi connectivity index (χ0) is 24.0. The van der Waals surface area contributed by atoms with Crippen LogP contribution in [0.1, 0.15) is 13.8 Å². The summed E-state index contributed by atoms with van der Waals surface area (Å²) in [6.45, 7) is 22.8. The quantitative estimate of drug-likeness (QED) is 0.164. The summed E-state index contributed by atoms with van der Waals surface area (Å²) in [6, 6.07) is 0. The van der Waals surface area contributed by atoms with Gasteiger partial charge in [0.15, 0.2) is 7.37 Å². The van der Waals surface area contributed by atoms with Gasteiger partial charge in [-0.05, 0) is 46.6 Å². The van der Waals surface area contributed by atoms with Crippen molar-refractivity contribution in [1.82, 2.24) is 0 Å². The SMILES string of the molecule is C=C(C)C(=O)OC[Si](C)(C)O[Si](C)(COP(C)(C)=O)O[Si](C)(C)COC(=O)C(=C)C. The van der Waals surface area contributed by atoms with Crippen LogP contribution in [0.3, 0.4) is 0 Å². The monoisotopic (exact) mass is 496 g/mol. The minimum absolute atomic E-state index is 0.0486. The lowest BCUT2D eigenvalue weighted by atomic mass is 10.4. The van der Waals surface area contributed by atoms with E-state index in [2.05, 4.69) is 13.2 Å². The Kier molecular flexibility index (Phi) is 10.9. The highest BCUT2D eigenvalue weighted by Gasteiger charge is 2.45. The molecule has 0 atom stereocenters. The van der Waals surface area contributed by atoms with Crippen molar-refractivity contribution in [1.29, 1.82) is 0 Å². The highest BCUT2D eigenvalue weighted by atomic mass is 31.2. The molecular formula is C18H37O8PSi3. The Hall–Kier alpha value is -0.819. The van der Waals surface area contributed by atoms with Gasteiger partial charge in [-0.15, -0.1) is 0 Å². The van der Waals surface area contributed by atoms with Crippen molar-refractivity contribution in [3.63, 3.8) is 0 Å². The molecule has 0 aromatic carbocycles. The van der Waals surface area contributed by atoms with Crippen LogP contribution in [-0.2, 0) is 36.4 Å². The first kappa shape index (κ1) is 29.2. The molecule has 0 rings (SSSR count). The van der Waals surface area contributed by atoms with Crippen molar-refractivity contribution in [3.8, 4) is 0 Å². The molecule has 8 nitrogen and oxygen atoms in total. The summed E-state index contributed by atoms with van der Waals surface area (Å²) in [6.07, 6.45) is 0.285. The van der Waals surface area contributed by atoms with Crippen molar-refractivity contribution >= 4 is 44.5 Å². The maximum atomic E-state index is 12.1. The molecule has 0 heterocycles. The van der Waals surface area contributed by atoms with Crippen molar-refractivity contribution in [2.75, 3.05) is 32.0 Å². The predicted molar refractivity (Wildman–Crippen MR) is 126 cm³/mol. The average molecular weight is 497 g/mol. The maximum Gasteiger partial charge on any atom is 0.341 e. The Morgan fingerprint density at radius 1 is 0.767 bits per heavy atom. The van der Waals surface area contributed by atoms with Gasteiger partial charge in [-0.1, -0.05) is 13.2 Å². The first-order valence-corrected chi connectivity index (χ1v) is 20.8. The number of hydrogen-bond acceptors (Lipinski definition) is 8. The number of carbonyl (C=O) groups is 2. The molecule has 12 heteroatoms. The van der Waals surface area contributed by atoms with Crippen LogP contribution in [0.15, 0.2) is 24.3 Å². The number of rotatable bonds is 13. The van der Waals surface area contributed by atoms with E-state index in [4.69, 9.17) is 22.2 Å². The van der Waals surface area contributed by atoms with Crippen LogP contribution in [0, 0.1) is 0 Å². The minimum Gasteiger partial charge on any atom is -0.463 e. The van der Waals surface area contributed by atoms with Gasteiger partial charge in [0.25, 0.3) is 0 Å². The minimum atomic E-state index is -3.03. The first-order valence-electron chi connectivity index (χ1n) is 9.53. The number of ether oxygens (including phenoxy) is 2. The zero-order valence-corrected chi connectivity index (χ0v) is 23.6. The van der Waals surface area contributed by atoms with E-state index in [1.165, 1.54) is 13.3 Å². The van der Waals surface area contributed by atoms with E-state index in [1.54, 1.807) is 13.8 Å². The molecule has 0 aromatic heterocycles. The molecule has 0 N–H and O–H groups in total. The highest BCUT2D eigenvalue weighted by Crippen LogP contribution is 2.38. The van der Waals surface area contributed by atoms with E-state index in [9.17, 15) is 14.2 Å². The molecule has 0 saturated heterocycles. The Bertz CT molecular complexity index is 670. The van der Waals surface area contributed by atoms with Gasteiger partial charge in [-0.25, -0.2) is 9.59 Å². The van der Waals surface area contributed by atoms with Crippen LogP contribution in [0.25, 0.3) is 0 Å². The third-order valence-electron chi connectivity index (χ3n) is 3.42. The van der Waals surface area contributed by atoms with Gasteiger partial charge in [0.1, 0.15) is 12.5 Å². The summed E-state index contributed by atoms with van der Waals surface area (Å²) in [4.78, 5) is 23.5. The van der Waals surface area contributed by atoms with Gasteiger partial charge >= 0.3 is 20.5 Å². The molecule has 0 aromatic rings. The second-order valence-corrected chi connectivity index (χ2v) is 23.7. The molecule has 0 unspecified atom stereocenters. The van der Waals surface area contributed by atoms with Crippen molar-refractivity contribution in [3.05, 3.63) is 24.3 Å². The molecule has 0 bridgehead atoms. The normalized spacial score (nSPS) is 13.0. The Morgan fingerprint density at radius 3 is 1.37 bits per heavy atom. The number of carbonyl (C=O) groups excluding carboxylic acids is 2. The molecule has 0 amide bonds. The predicted octanol–water partition coefficient (Wildman–Crippen LogP) is 3.91. The summed E-state index contributed by atoms with van der Waals surface area (Å²) in [5, 5.41) is 0. The summed E-state index contributed by atoms with van der Waals surface area (Å²) in [5.41, 5.74) is 0.621. The van der Waals surface area contributed by atoms with E-state index in [0.29, 0.717) is 11.1 Å². The van der Waals surface area contributed by atoms with Crippen LogP contribution in [-0.4, -0.2) is 69.2 Å². The van der Waals surface area contributed by atoms with E-state index >= 15 is 0 Å². The standard InChI is InChI=1S/C18H37O8PSi3/c1-15(2)17(19)22-12-28(7,8)25-30(11,14-24-27(5,6)21)26-29(9,10)13-23-18(20)16(3)4/h1,3,12-14H2,2,4-11H3. The molecule has 0 fully saturated rings. The molecule has 0 aliphatic rings. The van der Waals surface area contributed by atoms with Crippen LogP contribution in [0.5, 0.6) is 0 Å². The van der Waals surface area contributed by atoms with Gasteiger partial charge < -0.3 is 22.2 Å². The molecule has 174 valence electrons. The lowest BCUT2D eigenvalue weighted by Gasteiger charge is -2.40. The van der Waals surface area contributed by atoms with Crippen LogP contribution in [0.2, 0.25) is 32.7 Å². The van der Waals surface area contributed by atoms with Crippen LogP contribution < -0.4 is 0 Å². The number of esters is 2. The average Bonchev–Trinajstić information content (AvgIpc) is 2.54. The molecular weight excluding hydrogens is 459 g/mol. The lowest BCUT2D eigenvalue weighted by Crippen LogP contribution is -2.59. The second-order valence-electron chi connectivity index (χ2n) is 9.10. The Morgan fingerprint density at radius 2 is 1.10 bits per heavy atom. The molecule has 30 heavy (non-hydrogen) atoms. The molecule has 0 saturated carbocycles. The van der Waals surface area contributed by atoms with Gasteiger partial charge in [-0.2, -0.15) is 0 Å². The van der Waals surface area contributed by atoms with Gasteiger partial charge in [-0.3, -0.25) is 4.57 Å². The van der Waals surface area contributed by atoms with E-state index < -0.39 is 44.5 Å². The van der Waals surface area contributed by atoms with Gasteiger partial charge in [0, 0.05) is 24.5 Å². The van der Waals surface area contributed by atoms with Gasteiger partial charge in [0.05, 0.1) is 6.23 Å². The third kappa shape index (κ3) is 12.8. The zero-order valence-electron chi connectivity index (χ0n) is 19.7. The Balaban J connectivity index is 5.42. The molecule has 0 radical (unpaired) electrons. The smallest absolute Gasteiger partial charge is 0.341 e. The first-order chi connectivity index (χ1) is 13.3. The fourth-order valence-corrected chi connectivity index (χ4v) is 16.3. The summed E-state index contributed by atoms with van der Waals surface area (Å²) < 4.78 is 41.1.